The van der Waals surface area contributed by atoms with E-state index in [0.29, 0.717) is 25.4 Å². The second kappa shape index (κ2) is 7.18. The summed E-state index contributed by atoms with van der Waals surface area (Å²) >= 11 is 0. The standard InChI is InChI=1S/C18H28N4O4S/c1-14-9-16(22(20-14)15-3-8-27(24,25)11-15)19-17(23)10-21-6-7-26-13-18(12-21)4-2-5-18/h9,15H,2-8,10-13H2,1H3,(H,19,23). The first-order valence-corrected chi connectivity index (χ1v) is 11.5. The van der Waals surface area contributed by atoms with Gasteiger partial charge in [-0.2, -0.15) is 5.10 Å². The van der Waals surface area contributed by atoms with Crippen molar-refractivity contribution in [3.8, 4) is 0 Å². The number of aromatic nitrogens is 2. The van der Waals surface area contributed by atoms with Crippen molar-refractivity contribution >= 4 is 21.6 Å². The van der Waals surface area contributed by atoms with Gasteiger partial charge in [-0.05, 0) is 26.2 Å². The van der Waals surface area contributed by atoms with Gasteiger partial charge in [0.05, 0.1) is 43.0 Å². The molecule has 4 rings (SSSR count). The minimum Gasteiger partial charge on any atom is -0.379 e. The molecule has 8 nitrogen and oxygen atoms in total. The maximum atomic E-state index is 12.7. The second-order valence-corrected chi connectivity index (χ2v) is 10.6. The zero-order valence-corrected chi connectivity index (χ0v) is 16.6. The fourth-order valence-electron chi connectivity index (χ4n) is 4.44. The molecule has 1 unspecified atom stereocenters. The molecule has 1 aromatic rings. The van der Waals surface area contributed by atoms with Crippen LogP contribution in [0.2, 0.25) is 0 Å². The first-order chi connectivity index (χ1) is 12.8. The molecule has 1 N–H and O–H groups in total. The Kier molecular flexibility index (Phi) is 5.02. The molecule has 1 atom stereocenters. The summed E-state index contributed by atoms with van der Waals surface area (Å²) in [5.74, 6) is 0.764. The van der Waals surface area contributed by atoms with Crippen LogP contribution in [-0.2, 0) is 19.4 Å². The number of amides is 1. The molecule has 0 radical (unpaired) electrons. The van der Waals surface area contributed by atoms with Crippen molar-refractivity contribution in [3.05, 3.63) is 11.8 Å². The first kappa shape index (κ1) is 18.9. The van der Waals surface area contributed by atoms with Crippen molar-refractivity contribution in [2.45, 2.75) is 38.6 Å². The molecule has 150 valence electrons. The summed E-state index contributed by atoms with van der Waals surface area (Å²) in [6.07, 6.45) is 4.13. The van der Waals surface area contributed by atoms with Crippen molar-refractivity contribution in [2.24, 2.45) is 5.41 Å². The monoisotopic (exact) mass is 396 g/mol. The normalized spacial score (nSPS) is 27.2. The van der Waals surface area contributed by atoms with E-state index in [1.165, 1.54) is 19.3 Å². The molecular weight excluding hydrogens is 368 g/mol. The number of hydrogen-bond acceptors (Lipinski definition) is 6. The summed E-state index contributed by atoms with van der Waals surface area (Å²) in [4.78, 5) is 14.8. The number of carbonyl (C=O) groups excluding carboxylic acids is 1. The van der Waals surface area contributed by atoms with Gasteiger partial charge in [-0.25, -0.2) is 13.1 Å². The molecule has 3 aliphatic rings. The average Bonchev–Trinajstić information content (AvgIpc) is 3.00. The van der Waals surface area contributed by atoms with E-state index < -0.39 is 9.84 Å². The summed E-state index contributed by atoms with van der Waals surface area (Å²) in [6.45, 7) is 5.29. The highest BCUT2D eigenvalue weighted by Gasteiger charge is 2.40. The third kappa shape index (κ3) is 4.20. The summed E-state index contributed by atoms with van der Waals surface area (Å²) in [7, 11) is -3.01. The van der Waals surface area contributed by atoms with Crippen LogP contribution in [0.3, 0.4) is 0 Å². The second-order valence-electron chi connectivity index (χ2n) is 8.34. The molecule has 1 aliphatic carbocycles. The van der Waals surface area contributed by atoms with Crippen LogP contribution in [0.5, 0.6) is 0 Å². The summed E-state index contributed by atoms with van der Waals surface area (Å²) in [5.41, 5.74) is 0.999. The van der Waals surface area contributed by atoms with Gasteiger partial charge >= 0.3 is 0 Å². The Morgan fingerprint density at radius 2 is 2.26 bits per heavy atom. The molecule has 0 bridgehead atoms. The molecule has 9 heteroatoms. The number of hydrogen-bond donors (Lipinski definition) is 1. The van der Waals surface area contributed by atoms with Crippen molar-refractivity contribution in [1.29, 1.82) is 0 Å². The van der Waals surface area contributed by atoms with E-state index in [9.17, 15) is 13.2 Å². The molecule has 0 aromatic carbocycles. The fourth-order valence-corrected chi connectivity index (χ4v) is 6.13. The quantitative estimate of drug-likeness (QED) is 0.816. The number of rotatable bonds is 4. The van der Waals surface area contributed by atoms with Crippen LogP contribution in [0.4, 0.5) is 5.82 Å². The Hall–Kier alpha value is -1.45. The van der Waals surface area contributed by atoms with Crippen LogP contribution < -0.4 is 5.32 Å². The largest absolute Gasteiger partial charge is 0.379 e. The predicted molar refractivity (Wildman–Crippen MR) is 101 cm³/mol. The minimum absolute atomic E-state index is 0.0863. The number of sulfone groups is 1. The lowest BCUT2D eigenvalue weighted by Crippen LogP contribution is -2.45. The zero-order chi connectivity index (χ0) is 19.1. The van der Waals surface area contributed by atoms with Gasteiger partial charge in [-0.3, -0.25) is 9.69 Å². The van der Waals surface area contributed by atoms with Gasteiger partial charge in [0.2, 0.25) is 5.91 Å². The Morgan fingerprint density at radius 3 is 2.93 bits per heavy atom. The lowest BCUT2D eigenvalue weighted by molar-refractivity contribution is -0.117. The van der Waals surface area contributed by atoms with Gasteiger partial charge in [-0.1, -0.05) is 6.42 Å². The van der Waals surface area contributed by atoms with Crippen LogP contribution in [0, 0.1) is 12.3 Å². The van der Waals surface area contributed by atoms with E-state index >= 15 is 0 Å². The number of ether oxygens (including phenoxy) is 1. The SMILES string of the molecule is Cc1cc(NC(=O)CN2CCOCC3(CCC3)C2)n(C2CCS(=O)(=O)C2)n1. The van der Waals surface area contributed by atoms with Crippen molar-refractivity contribution in [2.75, 3.05) is 49.7 Å². The van der Waals surface area contributed by atoms with E-state index in [1.54, 1.807) is 4.68 Å². The first-order valence-electron chi connectivity index (χ1n) is 9.71. The highest BCUT2D eigenvalue weighted by Crippen LogP contribution is 2.42. The van der Waals surface area contributed by atoms with E-state index in [1.807, 2.05) is 13.0 Å². The third-order valence-electron chi connectivity index (χ3n) is 5.98. The Labute approximate surface area is 160 Å². The maximum Gasteiger partial charge on any atom is 0.239 e. The third-order valence-corrected chi connectivity index (χ3v) is 7.73. The molecule has 1 aromatic heterocycles. The number of anilines is 1. The van der Waals surface area contributed by atoms with Crippen LogP contribution in [0.25, 0.3) is 0 Å². The van der Waals surface area contributed by atoms with Gasteiger partial charge in [0.25, 0.3) is 0 Å². The fraction of sp³-hybridized carbons (Fsp3) is 0.778. The highest BCUT2D eigenvalue weighted by molar-refractivity contribution is 7.91. The Morgan fingerprint density at radius 1 is 1.44 bits per heavy atom. The van der Waals surface area contributed by atoms with E-state index in [-0.39, 0.29) is 28.9 Å². The lowest BCUT2D eigenvalue weighted by atomic mass is 9.69. The van der Waals surface area contributed by atoms with Crippen molar-refractivity contribution in [1.82, 2.24) is 14.7 Å². The zero-order valence-electron chi connectivity index (χ0n) is 15.8. The Bertz CT molecular complexity index is 815. The molecule has 1 amide bonds. The van der Waals surface area contributed by atoms with Crippen LogP contribution in [0.15, 0.2) is 6.07 Å². The van der Waals surface area contributed by atoms with Gasteiger partial charge in [0.1, 0.15) is 5.82 Å². The highest BCUT2D eigenvalue weighted by atomic mass is 32.2. The van der Waals surface area contributed by atoms with E-state index in [2.05, 4.69) is 15.3 Å². The smallest absolute Gasteiger partial charge is 0.239 e. The molecular formula is C18H28N4O4S. The van der Waals surface area contributed by atoms with Crippen LogP contribution >= 0.6 is 0 Å². The summed E-state index contributed by atoms with van der Waals surface area (Å²) in [5, 5.41) is 7.37. The van der Waals surface area contributed by atoms with Gasteiger partial charge in [-0.15, -0.1) is 0 Å². The molecule has 1 spiro atoms. The predicted octanol–water partition coefficient (Wildman–Crippen LogP) is 0.992. The van der Waals surface area contributed by atoms with E-state index in [4.69, 9.17) is 4.74 Å². The average molecular weight is 397 g/mol. The maximum absolute atomic E-state index is 12.7. The Balaban J connectivity index is 1.41. The van der Waals surface area contributed by atoms with E-state index in [0.717, 1.165) is 25.4 Å². The number of nitrogens with zero attached hydrogens (tertiary/aromatic N) is 3. The molecule has 2 saturated heterocycles. The molecule has 27 heavy (non-hydrogen) atoms. The molecule has 3 fully saturated rings. The van der Waals surface area contributed by atoms with Gasteiger partial charge in [0.15, 0.2) is 9.84 Å². The van der Waals surface area contributed by atoms with Gasteiger partial charge < -0.3 is 10.1 Å². The lowest BCUT2D eigenvalue weighted by Gasteiger charge is -2.42. The molecule has 1 saturated carbocycles. The van der Waals surface area contributed by atoms with Crippen LogP contribution in [-0.4, -0.2) is 73.4 Å². The number of nitrogens with one attached hydrogen (secondary N) is 1. The molecule has 2 aliphatic heterocycles. The topological polar surface area (TPSA) is 93.5 Å². The summed E-state index contributed by atoms with van der Waals surface area (Å²) < 4.78 is 31.0. The summed E-state index contributed by atoms with van der Waals surface area (Å²) in [6, 6.07) is 1.60. The van der Waals surface area contributed by atoms with Crippen LogP contribution in [0.1, 0.15) is 37.4 Å². The van der Waals surface area contributed by atoms with Gasteiger partial charge in [0, 0.05) is 24.6 Å². The number of carbonyl (C=O) groups is 1. The van der Waals surface area contributed by atoms with Crippen molar-refractivity contribution < 1.29 is 17.9 Å². The minimum atomic E-state index is -3.01. The van der Waals surface area contributed by atoms with Crippen molar-refractivity contribution in [3.63, 3.8) is 0 Å². The molecule has 3 heterocycles. The number of aryl methyl sites for hydroxylation is 1.